The maximum atomic E-state index is 12.2. The Kier molecular flexibility index (Phi) is 6.70. The number of ketones is 1. The number of carbonyl (C=O) groups is 2. The third kappa shape index (κ3) is 5.48. The van der Waals surface area contributed by atoms with Gasteiger partial charge in [0, 0.05) is 12.0 Å². The summed E-state index contributed by atoms with van der Waals surface area (Å²) in [6.07, 6.45) is 11.6. The van der Waals surface area contributed by atoms with Crippen molar-refractivity contribution < 1.29 is 14.7 Å². The van der Waals surface area contributed by atoms with Crippen LogP contribution in [0.3, 0.4) is 0 Å². The fraction of sp³-hybridized carbons (Fsp3) is 0.429. The maximum absolute atomic E-state index is 12.2. The molecule has 0 bridgehead atoms. The number of carboxylic acids is 1. The molecule has 0 fully saturated rings. The van der Waals surface area contributed by atoms with Gasteiger partial charge < -0.3 is 5.11 Å². The summed E-state index contributed by atoms with van der Waals surface area (Å²) in [6, 6.07) is 0. The summed E-state index contributed by atoms with van der Waals surface area (Å²) >= 11 is 0. The Balaban J connectivity index is 2.95. The van der Waals surface area contributed by atoms with Gasteiger partial charge in [-0.15, -0.1) is 0 Å². The Morgan fingerprint density at radius 2 is 1.83 bits per heavy atom. The fourth-order valence-corrected chi connectivity index (χ4v) is 3.19. The van der Waals surface area contributed by atoms with Crippen LogP contribution in [-0.4, -0.2) is 16.9 Å². The predicted molar refractivity (Wildman–Crippen MR) is 98.7 cm³/mol. The number of carbonyl (C=O) groups excluding carboxylic acids is 1. The van der Waals surface area contributed by atoms with E-state index >= 15 is 0 Å². The van der Waals surface area contributed by atoms with Crippen LogP contribution in [0.1, 0.15) is 48.0 Å². The summed E-state index contributed by atoms with van der Waals surface area (Å²) in [4.78, 5) is 22.8. The molecule has 1 atom stereocenters. The topological polar surface area (TPSA) is 54.4 Å². The smallest absolute Gasteiger partial charge is 0.328 e. The standard InChI is InChI=1S/C21H28O3/c1-14(8-7-9-15(2)12-19(22)23)10-11-18-17(4)20(24)16(3)13-21(18,5)6/h7-12,16H,13H2,1-6H3,(H,22,23). The lowest BCUT2D eigenvalue weighted by atomic mass is 9.68. The van der Waals surface area contributed by atoms with Crippen LogP contribution in [0, 0.1) is 11.3 Å². The van der Waals surface area contributed by atoms with Crippen LogP contribution in [0.4, 0.5) is 0 Å². The summed E-state index contributed by atoms with van der Waals surface area (Å²) < 4.78 is 0. The molecule has 0 radical (unpaired) electrons. The summed E-state index contributed by atoms with van der Waals surface area (Å²) in [5.74, 6) is -0.621. The number of rotatable bonds is 5. The van der Waals surface area contributed by atoms with Crippen LogP contribution in [0.2, 0.25) is 0 Å². The average Bonchev–Trinajstić information content (AvgIpc) is 2.43. The third-order valence-corrected chi connectivity index (χ3v) is 4.35. The zero-order valence-corrected chi connectivity index (χ0v) is 15.5. The van der Waals surface area contributed by atoms with Crippen molar-refractivity contribution in [1.29, 1.82) is 0 Å². The Morgan fingerprint density at radius 1 is 1.21 bits per heavy atom. The molecule has 0 amide bonds. The molecule has 3 nitrogen and oxygen atoms in total. The Labute approximate surface area is 145 Å². The molecule has 0 aliphatic heterocycles. The molecule has 0 aromatic heterocycles. The van der Waals surface area contributed by atoms with Crippen molar-refractivity contribution in [3.8, 4) is 0 Å². The first kappa shape index (κ1) is 19.9. The molecule has 1 rings (SSSR count). The maximum Gasteiger partial charge on any atom is 0.328 e. The van der Waals surface area contributed by atoms with Crippen LogP contribution in [0.5, 0.6) is 0 Å². The molecule has 0 aromatic carbocycles. The van der Waals surface area contributed by atoms with Gasteiger partial charge in [-0.2, -0.15) is 0 Å². The van der Waals surface area contributed by atoms with E-state index in [0.29, 0.717) is 5.57 Å². The number of allylic oxidation sites excluding steroid dienone is 9. The van der Waals surface area contributed by atoms with Gasteiger partial charge >= 0.3 is 5.97 Å². The lowest BCUT2D eigenvalue weighted by Crippen LogP contribution is -2.30. The van der Waals surface area contributed by atoms with E-state index in [1.807, 2.05) is 45.1 Å². The van der Waals surface area contributed by atoms with E-state index < -0.39 is 5.97 Å². The third-order valence-electron chi connectivity index (χ3n) is 4.35. The van der Waals surface area contributed by atoms with Gasteiger partial charge in [0.2, 0.25) is 0 Å². The van der Waals surface area contributed by atoms with Crippen molar-refractivity contribution in [1.82, 2.24) is 0 Å². The van der Waals surface area contributed by atoms with Gasteiger partial charge in [-0.3, -0.25) is 4.79 Å². The minimum Gasteiger partial charge on any atom is -0.478 e. The molecular weight excluding hydrogens is 300 g/mol. The molecule has 1 unspecified atom stereocenters. The summed E-state index contributed by atoms with van der Waals surface area (Å²) in [6.45, 7) is 12.0. The van der Waals surface area contributed by atoms with Crippen molar-refractivity contribution in [2.24, 2.45) is 11.3 Å². The largest absolute Gasteiger partial charge is 0.478 e. The highest BCUT2D eigenvalue weighted by molar-refractivity contribution is 5.98. The van der Waals surface area contributed by atoms with E-state index in [4.69, 9.17) is 5.11 Å². The van der Waals surface area contributed by atoms with E-state index in [0.717, 1.165) is 23.1 Å². The molecule has 0 saturated heterocycles. The van der Waals surface area contributed by atoms with E-state index in [1.54, 1.807) is 13.0 Å². The molecule has 24 heavy (non-hydrogen) atoms. The van der Waals surface area contributed by atoms with Crippen LogP contribution >= 0.6 is 0 Å². The number of Topliss-reactive ketones (excluding diaryl/α,β-unsaturated/α-hetero) is 1. The summed E-state index contributed by atoms with van der Waals surface area (Å²) in [5, 5.41) is 8.67. The van der Waals surface area contributed by atoms with Gasteiger partial charge in [-0.1, -0.05) is 56.7 Å². The second kappa shape index (κ2) is 8.09. The predicted octanol–water partition coefficient (Wildman–Crippen LogP) is 5.03. The van der Waals surface area contributed by atoms with Crippen LogP contribution in [0.25, 0.3) is 0 Å². The number of hydrogen-bond acceptors (Lipinski definition) is 2. The second-order valence-electron chi connectivity index (χ2n) is 7.22. The molecule has 1 aliphatic rings. The molecule has 0 aromatic rings. The first-order chi connectivity index (χ1) is 11.0. The van der Waals surface area contributed by atoms with Crippen molar-refractivity contribution in [2.45, 2.75) is 48.0 Å². The Hall–Kier alpha value is -2.16. The van der Waals surface area contributed by atoms with Crippen molar-refractivity contribution in [3.63, 3.8) is 0 Å². The zero-order valence-electron chi connectivity index (χ0n) is 15.5. The van der Waals surface area contributed by atoms with Crippen molar-refractivity contribution in [2.75, 3.05) is 0 Å². The van der Waals surface area contributed by atoms with Crippen molar-refractivity contribution in [3.05, 3.63) is 58.7 Å². The van der Waals surface area contributed by atoms with Crippen LogP contribution in [0.15, 0.2) is 58.7 Å². The van der Waals surface area contributed by atoms with E-state index in [2.05, 4.69) is 13.8 Å². The normalized spacial score (nSPS) is 22.8. The van der Waals surface area contributed by atoms with Gasteiger partial charge in [-0.05, 0) is 49.3 Å². The van der Waals surface area contributed by atoms with Gasteiger partial charge in [0.15, 0.2) is 5.78 Å². The van der Waals surface area contributed by atoms with Crippen molar-refractivity contribution >= 4 is 11.8 Å². The van der Waals surface area contributed by atoms with Gasteiger partial charge in [0.1, 0.15) is 0 Å². The molecular formula is C21H28O3. The lowest BCUT2D eigenvalue weighted by Gasteiger charge is -2.35. The molecule has 0 heterocycles. The lowest BCUT2D eigenvalue weighted by molar-refractivity contribution is -0.131. The highest BCUT2D eigenvalue weighted by atomic mass is 16.4. The number of aliphatic carboxylic acids is 1. The minimum atomic E-state index is -0.946. The van der Waals surface area contributed by atoms with Gasteiger partial charge in [0.05, 0.1) is 0 Å². The summed E-state index contributed by atoms with van der Waals surface area (Å²) in [7, 11) is 0. The van der Waals surface area contributed by atoms with Crippen LogP contribution < -0.4 is 0 Å². The molecule has 1 N–H and O–H groups in total. The molecule has 3 heteroatoms. The van der Waals surface area contributed by atoms with E-state index in [9.17, 15) is 9.59 Å². The average molecular weight is 328 g/mol. The number of hydrogen-bond donors (Lipinski definition) is 1. The fourth-order valence-electron chi connectivity index (χ4n) is 3.19. The molecule has 130 valence electrons. The van der Waals surface area contributed by atoms with Crippen LogP contribution in [-0.2, 0) is 9.59 Å². The molecule has 0 saturated carbocycles. The van der Waals surface area contributed by atoms with Gasteiger partial charge in [-0.25, -0.2) is 4.79 Å². The highest BCUT2D eigenvalue weighted by Crippen LogP contribution is 2.41. The van der Waals surface area contributed by atoms with Gasteiger partial charge in [0.25, 0.3) is 0 Å². The zero-order chi connectivity index (χ0) is 18.5. The minimum absolute atomic E-state index is 0.00908. The molecule has 1 aliphatic carbocycles. The first-order valence-electron chi connectivity index (χ1n) is 8.24. The second-order valence-corrected chi connectivity index (χ2v) is 7.22. The Morgan fingerprint density at radius 3 is 2.42 bits per heavy atom. The highest BCUT2D eigenvalue weighted by Gasteiger charge is 2.35. The number of carboxylic acid groups (broad SMARTS) is 1. The monoisotopic (exact) mass is 328 g/mol. The first-order valence-corrected chi connectivity index (χ1v) is 8.24. The van der Waals surface area contributed by atoms with E-state index in [-0.39, 0.29) is 17.1 Å². The summed E-state index contributed by atoms with van der Waals surface area (Å²) in [5.41, 5.74) is 3.67. The SMILES string of the molecule is CC(C=CC1=C(C)C(=O)C(C)CC1(C)C)=CC=CC(C)=CC(=O)O. The quantitative estimate of drug-likeness (QED) is 0.569. The van der Waals surface area contributed by atoms with E-state index in [1.165, 1.54) is 6.08 Å². The molecule has 0 spiro atoms. The Bertz CT molecular complexity index is 667.